The second-order valence-corrected chi connectivity index (χ2v) is 8.81. The van der Waals surface area contributed by atoms with Crippen molar-refractivity contribution in [1.82, 2.24) is 15.0 Å². The lowest BCUT2D eigenvalue weighted by Crippen LogP contribution is -2.40. The second-order valence-electron chi connectivity index (χ2n) is 7.06. The van der Waals surface area contributed by atoms with Gasteiger partial charge in [0.25, 0.3) is 0 Å². The molecule has 158 valence electrons. The summed E-state index contributed by atoms with van der Waals surface area (Å²) >= 11 is 2.85. The van der Waals surface area contributed by atoms with Gasteiger partial charge in [-0.1, -0.05) is 0 Å². The van der Waals surface area contributed by atoms with Gasteiger partial charge in [0.2, 0.25) is 5.91 Å². The molecular formula is C21H18FN5O2S2. The van der Waals surface area contributed by atoms with Crippen LogP contribution in [-0.4, -0.2) is 40.6 Å². The number of nitrogens with one attached hydrogen (secondary N) is 1. The van der Waals surface area contributed by atoms with E-state index in [1.165, 1.54) is 30.6 Å². The van der Waals surface area contributed by atoms with E-state index in [0.29, 0.717) is 22.1 Å². The van der Waals surface area contributed by atoms with E-state index in [4.69, 9.17) is 4.74 Å². The number of thiophene rings is 1. The molecule has 7 nitrogen and oxygen atoms in total. The molecule has 0 bridgehead atoms. The molecule has 1 aliphatic heterocycles. The number of carbonyl (C=O) groups is 1. The Morgan fingerprint density at radius 2 is 2.19 bits per heavy atom. The van der Waals surface area contributed by atoms with Gasteiger partial charge in [0, 0.05) is 17.5 Å². The van der Waals surface area contributed by atoms with Gasteiger partial charge in [0.05, 0.1) is 18.2 Å². The molecule has 0 aliphatic carbocycles. The normalized spacial score (nSPS) is 16.1. The number of fused-ring (bicyclic) bond motifs is 1. The summed E-state index contributed by atoms with van der Waals surface area (Å²) < 4.78 is 19.0. The molecule has 1 fully saturated rings. The first-order valence-corrected chi connectivity index (χ1v) is 11.4. The maximum atomic E-state index is 13.7. The van der Waals surface area contributed by atoms with E-state index >= 15 is 0 Å². The van der Waals surface area contributed by atoms with Crippen LogP contribution < -0.4 is 15.0 Å². The van der Waals surface area contributed by atoms with Crippen molar-refractivity contribution < 1.29 is 13.9 Å². The van der Waals surface area contributed by atoms with Gasteiger partial charge >= 0.3 is 0 Å². The molecule has 31 heavy (non-hydrogen) atoms. The van der Waals surface area contributed by atoms with Crippen LogP contribution in [0.15, 0.2) is 41.4 Å². The van der Waals surface area contributed by atoms with Crippen molar-refractivity contribution in [1.29, 1.82) is 0 Å². The number of rotatable bonds is 5. The van der Waals surface area contributed by atoms with Crippen molar-refractivity contribution in [2.24, 2.45) is 0 Å². The Morgan fingerprint density at radius 1 is 1.29 bits per heavy atom. The summed E-state index contributed by atoms with van der Waals surface area (Å²) in [7, 11) is 1.53. The average Bonchev–Trinajstić information content (AvgIpc) is 3.53. The summed E-state index contributed by atoms with van der Waals surface area (Å²) in [5.74, 6) is 0.801. The summed E-state index contributed by atoms with van der Waals surface area (Å²) in [4.78, 5) is 29.3. The highest BCUT2D eigenvalue weighted by Crippen LogP contribution is 2.34. The molecular weight excluding hydrogens is 437 g/mol. The van der Waals surface area contributed by atoms with Crippen LogP contribution in [0.3, 0.4) is 0 Å². The highest BCUT2D eigenvalue weighted by molar-refractivity contribution is 7.16. The van der Waals surface area contributed by atoms with Crippen LogP contribution in [0.2, 0.25) is 0 Å². The van der Waals surface area contributed by atoms with E-state index in [1.807, 2.05) is 16.3 Å². The lowest BCUT2D eigenvalue weighted by atomic mass is 10.1. The number of nitrogens with zero attached hydrogens (tertiary/aromatic N) is 4. The van der Waals surface area contributed by atoms with Gasteiger partial charge in [0.1, 0.15) is 34.6 Å². The van der Waals surface area contributed by atoms with Gasteiger partial charge in [-0.3, -0.25) is 4.79 Å². The first-order valence-electron chi connectivity index (χ1n) is 9.69. The van der Waals surface area contributed by atoms with Crippen molar-refractivity contribution in [2.75, 3.05) is 23.9 Å². The minimum Gasteiger partial charge on any atom is -0.496 e. The number of thiazole rings is 1. The maximum absolute atomic E-state index is 13.7. The quantitative estimate of drug-likeness (QED) is 0.475. The largest absolute Gasteiger partial charge is 0.496 e. The predicted octanol–water partition coefficient (Wildman–Crippen LogP) is 4.57. The number of carbonyl (C=O) groups excluding carboxylic acids is 1. The summed E-state index contributed by atoms with van der Waals surface area (Å²) in [5, 5.41) is 8.09. The van der Waals surface area contributed by atoms with Gasteiger partial charge in [0.15, 0.2) is 5.13 Å². The van der Waals surface area contributed by atoms with E-state index in [0.717, 1.165) is 35.4 Å². The molecule has 4 heterocycles. The first kappa shape index (κ1) is 19.8. The molecule has 4 aromatic rings. The highest BCUT2D eigenvalue weighted by Gasteiger charge is 2.33. The molecule has 0 spiro atoms. The molecule has 1 N–H and O–H groups in total. The third-order valence-corrected chi connectivity index (χ3v) is 6.82. The van der Waals surface area contributed by atoms with Gasteiger partial charge in [-0.2, -0.15) is 0 Å². The number of anilines is 2. The molecule has 1 aromatic carbocycles. The standard InChI is InChI=1S/C21H18FN5O2S2/c1-29-17-5-4-12(22)9-14(17)15-10-31-21(25-15)26-19(28)16-3-2-7-27(16)18-13-6-8-30-20(13)24-11-23-18/h4-6,8-11,16H,2-3,7H2,1H3,(H,25,26,28). The Morgan fingerprint density at radius 3 is 3.06 bits per heavy atom. The summed E-state index contributed by atoms with van der Waals surface area (Å²) in [5.41, 5.74) is 1.10. The van der Waals surface area contributed by atoms with Crippen molar-refractivity contribution in [2.45, 2.75) is 18.9 Å². The fourth-order valence-corrected chi connectivity index (χ4v) is 5.26. The Bertz CT molecular complexity index is 1260. The molecule has 1 aliphatic rings. The highest BCUT2D eigenvalue weighted by atomic mass is 32.1. The van der Waals surface area contributed by atoms with Crippen LogP contribution in [0.1, 0.15) is 12.8 Å². The lowest BCUT2D eigenvalue weighted by molar-refractivity contribution is -0.117. The molecule has 1 atom stereocenters. The molecule has 10 heteroatoms. The summed E-state index contributed by atoms with van der Waals surface area (Å²) in [6, 6.07) is 5.92. The zero-order valence-electron chi connectivity index (χ0n) is 16.5. The van der Waals surface area contributed by atoms with E-state index in [2.05, 4.69) is 20.3 Å². The Kier molecular flexibility index (Phi) is 5.24. The number of methoxy groups -OCH3 is 1. The van der Waals surface area contributed by atoms with Crippen molar-refractivity contribution >= 4 is 49.7 Å². The molecule has 1 saturated heterocycles. The number of hydrogen-bond acceptors (Lipinski definition) is 8. The minimum absolute atomic E-state index is 0.133. The van der Waals surface area contributed by atoms with Gasteiger partial charge in [-0.15, -0.1) is 22.7 Å². The van der Waals surface area contributed by atoms with Crippen molar-refractivity contribution in [3.05, 3.63) is 47.2 Å². The number of hydrogen-bond donors (Lipinski definition) is 1. The van der Waals surface area contributed by atoms with Crippen LogP contribution in [0, 0.1) is 5.82 Å². The molecule has 3 aromatic heterocycles. The molecule has 0 radical (unpaired) electrons. The van der Waals surface area contributed by atoms with Crippen molar-refractivity contribution in [3.63, 3.8) is 0 Å². The molecule has 1 amide bonds. The number of aromatic nitrogens is 3. The smallest absolute Gasteiger partial charge is 0.248 e. The minimum atomic E-state index is -0.374. The maximum Gasteiger partial charge on any atom is 0.248 e. The van der Waals surface area contributed by atoms with Crippen LogP contribution in [0.25, 0.3) is 21.5 Å². The molecule has 1 unspecified atom stereocenters. The SMILES string of the molecule is COc1ccc(F)cc1-c1csc(NC(=O)C2CCCN2c2ncnc3sccc23)n1. The van der Waals surface area contributed by atoms with Crippen LogP contribution >= 0.6 is 22.7 Å². The topological polar surface area (TPSA) is 80.2 Å². The monoisotopic (exact) mass is 455 g/mol. The number of halogens is 1. The molecule has 0 saturated carbocycles. The van der Waals surface area contributed by atoms with Crippen LogP contribution in [0.4, 0.5) is 15.3 Å². The van der Waals surface area contributed by atoms with E-state index < -0.39 is 0 Å². The Balaban J connectivity index is 1.37. The fourth-order valence-electron chi connectivity index (χ4n) is 3.82. The third-order valence-electron chi connectivity index (χ3n) is 5.24. The van der Waals surface area contributed by atoms with Gasteiger partial charge in [-0.05, 0) is 42.5 Å². The number of ether oxygens (including phenoxy) is 1. The summed E-state index contributed by atoms with van der Waals surface area (Å²) in [6.07, 6.45) is 3.18. The van der Waals surface area contributed by atoms with E-state index in [9.17, 15) is 9.18 Å². The van der Waals surface area contributed by atoms with Crippen LogP contribution in [-0.2, 0) is 4.79 Å². The Hall–Kier alpha value is -3.11. The van der Waals surface area contributed by atoms with E-state index in [-0.39, 0.29) is 17.8 Å². The molecule has 5 rings (SSSR count). The fraction of sp³-hybridized carbons (Fsp3) is 0.238. The van der Waals surface area contributed by atoms with Crippen LogP contribution in [0.5, 0.6) is 5.75 Å². The Labute approximate surface area is 185 Å². The number of benzene rings is 1. The average molecular weight is 456 g/mol. The first-order chi connectivity index (χ1) is 15.1. The zero-order valence-corrected chi connectivity index (χ0v) is 18.2. The summed E-state index contributed by atoms with van der Waals surface area (Å²) in [6.45, 7) is 0.754. The number of amides is 1. The second kappa shape index (κ2) is 8.20. The lowest BCUT2D eigenvalue weighted by Gasteiger charge is -2.24. The van der Waals surface area contributed by atoms with Crippen molar-refractivity contribution in [3.8, 4) is 17.0 Å². The zero-order chi connectivity index (χ0) is 21.4. The van der Waals surface area contributed by atoms with Gasteiger partial charge < -0.3 is 15.0 Å². The van der Waals surface area contributed by atoms with E-state index in [1.54, 1.807) is 29.1 Å². The predicted molar refractivity (Wildman–Crippen MR) is 120 cm³/mol. The van der Waals surface area contributed by atoms with Gasteiger partial charge in [-0.25, -0.2) is 19.3 Å². The third kappa shape index (κ3) is 3.72.